The quantitative estimate of drug-likeness (QED) is 0.317. The van der Waals surface area contributed by atoms with E-state index in [2.05, 4.69) is 45.0 Å². The number of pyridine rings is 1. The molecule has 0 spiro atoms. The lowest BCUT2D eigenvalue weighted by molar-refractivity contribution is 0.281. The van der Waals surface area contributed by atoms with E-state index in [1.54, 1.807) is 0 Å². The number of hydrogen-bond donors (Lipinski definition) is 1. The SMILES string of the molecule is CCNC(=NCc1cccnc1N1CCN(C)CC1)N(C)CCOc1ccccc1.I. The van der Waals surface area contributed by atoms with Crippen LogP contribution in [0.3, 0.4) is 0 Å². The number of nitrogens with one attached hydrogen (secondary N) is 1. The Morgan fingerprint density at radius 1 is 1.13 bits per heavy atom. The molecule has 31 heavy (non-hydrogen) atoms. The lowest BCUT2D eigenvalue weighted by Gasteiger charge is -2.34. The lowest BCUT2D eigenvalue weighted by Crippen LogP contribution is -2.45. The number of para-hydroxylation sites is 1. The van der Waals surface area contributed by atoms with Gasteiger partial charge in [0.1, 0.15) is 18.2 Å². The Balaban J connectivity index is 0.00000341. The maximum absolute atomic E-state index is 5.83. The summed E-state index contributed by atoms with van der Waals surface area (Å²) < 4.78 is 5.83. The number of guanidine groups is 1. The first-order chi connectivity index (χ1) is 14.7. The Morgan fingerprint density at radius 3 is 2.58 bits per heavy atom. The third kappa shape index (κ3) is 7.84. The van der Waals surface area contributed by atoms with Gasteiger partial charge in [-0.2, -0.15) is 0 Å². The van der Waals surface area contributed by atoms with Crippen LogP contribution in [0.5, 0.6) is 5.75 Å². The average Bonchev–Trinajstić information content (AvgIpc) is 2.78. The fraction of sp³-hybridized carbons (Fsp3) is 0.478. The molecule has 8 heteroatoms. The molecule has 0 bridgehead atoms. The molecule has 0 saturated carbocycles. The van der Waals surface area contributed by atoms with Crippen LogP contribution in [0.2, 0.25) is 0 Å². The van der Waals surface area contributed by atoms with Crippen LogP contribution in [0, 0.1) is 0 Å². The van der Waals surface area contributed by atoms with Crippen molar-refractivity contribution in [1.82, 2.24) is 20.1 Å². The fourth-order valence-corrected chi connectivity index (χ4v) is 3.41. The summed E-state index contributed by atoms with van der Waals surface area (Å²) in [4.78, 5) is 16.4. The maximum Gasteiger partial charge on any atom is 0.194 e. The monoisotopic (exact) mass is 538 g/mol. The summed E-state index contributed by atoms with van der Waals surface area (Å²) in [6.45, 7) is 8.98. The molecule has 1 N–H and O–H groups in total. The molecule has 0 aliphatic carbocycles. The smallest absolute Gasteiger partial charge is 0.194 e. The molecule has 7 nitrogen and oxygen atoms in total. The number of piperazine rings is 1. The van der Waals surface area contributed by atoms with Gasteiger partial charge < -0.3 is 24.8 Å². The first-order valence-electron chi connectivity index (χ1n) is 10.7. The van der Waals surface area contributed by atoms with Gasteiger partial charge in [0.05, 0.1) is 13.1 Å². The zero-order chi connectivity index (χ0) is 21.2. The topological polar surface area (TPSA) is 56.2 Å². The van der Waals surface area contributed by atoms with Gasteiger partial charge in [-0.25, -0.2) is 9.98 Å². The minimum Gasteiger partial charge on any atom is -0.492 e. The second-order valence-electron chi connectivity index (χ2n) is 7.53. The van der Waals surface area contributed by atoms with Gasteiger partial charge in [0, 0.05) is 51.5 Å². The van der Waals surface area contributed by atoms with Gasteiger partial charge in [0.2, 0.25) is 0 Å². The molecule has 1 aromatic heterocycles. The fourth-order valence-electron chi connectivity index (χ4n) is 3.41. The first kappa shape index (κ1) is 25.2. The minimum absolute atomic E-state index is 0. The van der Waals surface area contributed by atoms with Crippen molar-refractivity contribution in [2.45, 2.75) is 13.5 Å². The van der Waals surface area contributed by atoms with Gasteiger partial charge in [-0.05, 0) is 32.2 Å². The number of likely N-dealkylation sites (N-methyl/N-ethyl adjacent to an activating group) is 2. The van der Waals surface area contributed by atoms with Crippen molar-refractivity contribution in [1.29, 1.82) is 0 Å². The zero-order valence-corrected chi connectivity index (χ0v) is 21.2. The number of halogens is 1. The summed E-state index contributed by atoms with van der Waals surface area (Å²) in [6.07, 6.45) is 1.87. The summed E-state index contributed by atoms with van der Waals surface area (Å²) in [5.41, 5.74) is 1.16. The number of benzene rings is 1. The molecule has 170 valence electrons. The third-order valence-electron chi connectivity index (χ3n) is 5.20. The van der Waals surface area contributed by atoms with Crippen molar-refractivity contribution in [3.8, 4) is 5.75 Å². The maximum atomic E-state index is 5.83. The van der Waals surface area contributed by atoms with E-state index in [4.69, 9.17) is 9.73 Å². The van der Waals surface area contributed by atoms with Gasteiger partial charge >= 0.3 is 0 Å². The van der Waals surface area contributed by atoms with E-state index in [0.717, 1.165) is 62.4 Å². The Labute approximate surface area is 203 Å². The normalized spacial score (nSPS) is 14.7. The van der Waals surface area contributed by atoms with Crippen LogP contribution in [-0.4, -0.2) is 80.7 Å². The Kier molecular flexibility index (Phi) is 10.9. The van der Waals surface area contributed by atoms with Gasteiger partial charge in [0.25, 0.3) is 0 Å². The van der Waals surface area contributed by atoms with E-state index < -0.39 is 0 Å². The second kappa shape index (κ2) is 13.4. The molecular weight excluding hydrogens is 503 g/mol. The number of ether oxygens (including phenoxy) is 1. The van der Waals surface area contributed by atoms with E-state index in [9.17, 15) is 0 Å². The largest absolute Gasteiger partial charge is 0.492 e. The third-order valence-corrected chi connectivity index (χ3v) is 5.20. The van der Waals surface area contributed by atoms with Crippen LogP contribution in [0.4, 0.5) is 5.82 Å². The zero-order valence-electron chi connectivity index (χ0n) is 18.8. The lowest BCUT2D eigenvalue weighted by atomic mass is 10.2. The molecular formula is C23H35IN6O. The number of rotatable bonds is 8. The summed E-state index contributed by atoms with van der Waals surface area (Å²) in [6, 6.07) is 14.0. The number of hydrogen-bond acceptors (Lipinski definition) is 5. The molecule has 2 heterocycles. The highest BCUT2D eigenvalue weighted by molar-refractivity contribution is 14.0. The van der Waals surface area contributed by atoms with Crippen LogP contribution in [0.1, 0.15) is 12.5 Å². The molecule has 1 aromatic carbocycles. The summed E-state index contributed by atoms with van der Waals surface area (Å²) >= 11 is 0. The van der Waals surface area contributed by atoms with Gasteiger partial charge in [-0.1, -0.05) is 24.3 Å². The van der Waals surface area contributed by atoms with Crippen molar-refractivity contribution < 1.29 is 4.74 Å². The van der Waals surface area contributed by atoms with E-state index >= 15 is 0 Å². The summed E-state index contributed by atoms with van der Waals surface area (Å²) in [5, 5.41) is 3.39. The molecule has 1 fully saturated rings. The van der Waals surface area contributed by atoms with Crippen LogP contribution in [-0.2, 0) is 6.54 Å². The van der Waals surface area contributed by atoms with Crippen molar-refractivity contribution in [2.75, 3.05) is 64.9 Å². The highest BCUT2D eigenvalue weighted by Crippen LogP contribution is 2.19. The van der Waals surface area contributed by atoms with Crippen molar-refractivity contribution in [3.63, 3.8) is 0 Å². The first-order valence-corrected chi connectivity index (χ1v) is 10.7. The molecule has 1 saturated heterocycles. The molecule has 2 aromatic rings. The van der Waals surface area contributed by atoms with Crippen molar-refractivity contribution >= 4 is 35.8 Å². The Bertz CT molecular complexity index is 796. The van der Waals surface area contributed by atoms with Crippen molar-refractivity contribution in [3.05, 3.63) is 54.2 Å². The predicted octanol–water partition coefficient (Wildman–Crippen LogP) is 2.93. The molecule has 3 rings (SSSR count). The van der Waals surface area contributed by atoms with Crippen molar-refractivity contribution in [2.24, 2.45) is 4.99 Å². The van der Waals surface area contributed by atoms with E-state index in [0.29, 0.717) is 13.2 Å². The summed E-state index contributed by atoms with van der Waals surface area (Å²) in [5.74, 6) is 2.82. The van der Waals surface area contributed by atoms with E-state index in [-0.39, 0.29) is 24.0 Å². The van der Waals surface area contributed by atoms with Gasteiger partial charge in [0.15, 0.2) is 5.96 Å². The molecule has 1 aliphatic heterocycles. The average molecular weight is 538 g/mol. The number of aromatic nitrogens is 1. The van der Waals surface area contributed by atoms with E-state index in [1.807, 2.05) is 49.6 Å². The van der Waals surface area contributed by atoms with Gasteiger partial charge in [-0.15, -0.1) is 24.0 Å². The Hall–Kier alpha value is -2.07. The van der Waals surface area contributed by atoms with Crippen LogP contribution in [0.25, 0.3) is 0 Å². The van der Waals surface area contributed by atoms with Gasteiger partial charge in [-0.3, -0.25) is 0 Å². The summed E-state index contributed by atoms with van der Waals surface area (Å²) in [7, 11) is 4.21. The van der Waals surface area contributed by atoms with Crippen LogP contribution < -0.4 is 15.0 Å². The van der Waals surface area contributed by atoms with E-state index in [1.165, 1.54) is 0 Å². The second-order valence-corrected chi connectivity index (χ2v) is 7.53. The van der Waals surface area contributed by atoms with Crippen LogP contribution >= 0.6 is 24.0 Å². The standard InChI is InChI=1S/C23H34N6O.HI/c1-4-24-23(28(3)17-18-30-21-10-6-5-7-11-21)26-19-20-9-8-12-25-22(20)29-15-13-27(2)14-16-29;/h5-12H,4,13-19H2,1-3H3,(H,24,26);1H. The number of anilines is 1. The molecule has 0 atom stereocenters. The molecule has 0 radical (unpaired) electrons. The molecule has 1 aliphatic rings. The number of nitrogens with zero attached hydrogens (tertiary/aromatic N) is 5. The Morgan fingerprint density at radius 2 is 1.87 bits per heavy atom. The number of aliphatic imine (C=N–C) groups is 1. The predicted molar refractivity (Wildman–Crippen MR) is 139 cm³/mol. The molecule has 0 unspecified atom stereocenters. The highest BCUT2D eigenvalue weighted by Gasteiger charge is 2.18. The molecule has 0 amide bonds. The highest BCUT2D eigenvalue weighted by atomic mass is 127. The minimum atomic E-state index is 0. The van der Waals surface area contributed by atoms with Crippen LogP contribution in [0.15, 0.2) is 53.7 Å².